The lowest BCUT2D eigenvalue weighted by atomic mass is 9.91. The normalized spacial score (nSPS) is 18.5. The lowest BCUT2D eigenvalue weighted by molar-refractivity contribution is -0.123. The van der Waals surface area contributed by atoms with E-state index in [1.165, 1.54) is 38.2 Å². The van der Waals surface area contributed by atoms with E-state index in [2.05, 4.69) is 28.1 Å². The van der Waals surface area contributed by atoms with Crippen molar-refractivity contribution in [2.75, 3.05) is 23.9 Å². The van der Waals surface area contributed by atoms with Gasteiger partial charge in [-0.1, -0.05) is 61.7 Å². The van der Waals surface area contributed by atoms with Gasteiger partial charge >= 0.3 is 0 Å². The Morgan fingerprint density at radius 1 is 0.953 bits per heavy atom. The molecule has 228 valence electrons. The summed E-state index contributed by atoms with van der Waals surface area (Å²) in [5, 5.41) is 19.8. The van der Waals surface area contributed by atoms with Gasteiger partial charge in [0.25, 0.3) is 5.91 Å². The first kappa shape index (κ1) is 31.3. The smallest absolute Gasteiger partial charge is 0.255 e. The molecule has 0 bridgehead atoms. The number of nitrogens with one attached hydrogen (secondary N) is 3. The van der Waals surface area contributed by atoms with Crippen LogP contribution in [0.2, 0.25) is 0 Å². The molecule has 2 unspecified atom stereocenters. The molecule has 9 heteroatoms. The monoisotopic (exact) mass is 619 g/mol. The number of benzene rings is 3. The van der Waals surface area contributed by atoms with E-state index >= 15 is 0 Å². The number of carbonyl (C=O) groups is 2. The lowest BCUT2D eigenvalue weighted by Gasteiger charge is -2.31. The van der Waals surface area contributed by atoms with Crippen LogP contribution in [0.1, 0.15) is 48.0 Å². The van der Waals surface area contributed by atoms with Gasteiger partial charge in [-0.2, -0.15) is 11.8 Å². The molecule has 7 nitrogen and oxygen atoms in total. The van der Waals surface area contributed by atoms with E-state index in [4.69, 9.17) is 4.74 Å². The Balaban J connectivity index is 1.33. The minimum absolute atomic E-state index is 0.0329. The highest BCUT2D eigenvalue weighted by Gasteiger charge is 2.30. The van der Waals surface area contributed by atoms with Crippen LogP contribution in [0.3, 0.4) is 0 Å². The third-order valence-corrected chi connectivity index (χ3v) is 10.6. The van der Waals surface area contributed by atoms with Gasteiger partial charge in [0.1, 0.15) is 17.2 Å². The van der Waals surface area contributed by atoms with Gasteiger partial charge < -0.3 is 20.5 Å². The van der Waals surface area contributed by atoms with Crippen LogP contribution in [-0.2, 0) is 11.2 Å². The first-order valence-corrected chi connectivity index (χ1v) is 17.4. The van der Waals surface area contributed by atoms with Gasteiger partial charge in [-0.3, -0.25) is 14.9 Å². The fourth-order valence-electron chi connectivity index (χ4n) is 5.57. The maximum absolute atomic E-state index is 13.3. The number of ether oxygens (including phenoxy) is 1. The fraction of sp³-hybridized carbons (Fsp3) is 0.412. The molecular weight excluding hydrogens is 579 g/mol. The molecule has 2 fully saturated rings. The van der Waals surface area contributed by atoms with Crippen molar-refractivity contribution in [2.45, 2.75) is 55.9 Å². The van der Waals surface area contributed by atoms with E-state index in [1.807, 2.05) is 54.2 Å². The lowest BCUT2D eigenvalue weighted by Crippen LogP contribution is -2.54. The number of hydrogen-bond acceptors (Lipinski definition) is 7. The van der Waals surface area contributed by atoms with Crippen molar-refractivity contribution in [1.29, 1.82) is 0 Å². The minimum atomic E-state index is -0.356. The molecule has 2 amide bonds. The Bertz CT molecular complexity index is 1310. The summed E-state index contributed by atoms with van der Waals surface area (Å²) in [5.41, 5.74) is 1.37. The van der Waals surface area contributed by atoms with E-state index < -0.39 is 0 Å². The summed E-state index contributed by atoms with van der Waals surface area (Å²) in [5.74, 6) is 4.28. The van der Waals surface area contributed by atoms with Crippen LogP contribution in [0.4, 0.5) is 0 Å². The van der Waals surface area contributed by atoms with Gasteiger partial charge in [-0.15, -0.1) is 11.8 Å². The quantitative estimate of drug-likeness (QED) is 0.187. The summed E-state index contributed by atoms with van der Waals surface area (Å²) in [4.78, 5) is 26.4. The molecule has 2 aliphatic rings. The van der Waals surface area contributed by atoms with Crippen molar-refractivity contribution in [2.24, 2.45) is 5.92 Å². The van der Waals surface area contributed by atoms with Crippen LogP contribution in [0.5, 0.6) is 17.2 Å². The number of carbonyl (C=O) groups excluding carboxylic acids is 2. The molecule has 3 atom stereocenters. The number of phenolic OH excluding ortho intramolecular Hbond substituents is 1. The molecule has 3 aromatic rings. The number of para-hydroxylation sites is 2. The van der Waals surface area contributed by atoms with Gasteiger partial charge in [-0.05, 0) is 72.9 Å². The SMILES string of the molecule is O=C(NCC(NC(=O)[C@@H]1CSCN1)C(Cc1ccc(Oc2ccccc2)cc1)SCC1CCCCC1)c1ccccc1O. The summed E-state index contributed by atoms with van der Waals surface area (Å²) < 4.78 is 6.00. The number of hydrogen-bond donors (Lipinski definition) is 4. The number of rotatable bonds is 13. The average Bonchev–Trinajstić information content (AvgIpc) is 3.59. The first-order chi connectivity index (χ1) is 21.0. The van der Waals surface area contributed by atoms with Crippen molar-refractivity contribution in [1.82, 2.24) is 16.0 Å². The van der Waals surface area contributed by atoms with Crippen LogP contribution in [0.15, 0.2) is 78.9 Å². The van der Waals surface area contributed by atoms with Crippen LogP contribution in [0, 0.1) is 5.92 Å². The average molecular weight is 620 g/mol. The number of amides is 2. The van der Waals surface area contributed by atoms with E-state index in [1.54, 1.807) is 30.0 Å². The third-order valence-electron chi connectivity index (χ3n) is 8.05. The summed E-state index contributed by atoms with van der Waals surface area (Å²) >= 11 is 3.61. The van der Waals surface area contributed by atoms with Gasteiger partial charge in [0, 0.05) is 23.4 Å². The highest BCUT2D eigenvalue weighted by atomic mass is 32.2. The van der Waals surface area contributed by atoms with Crippen molar-refractivity contribution in [3.63, 3.8) is 0 Å². The van der Waals surface area contributed by atoms with Gasteiger partial charge in [0.05, 0.1) is 17.6 Å². The summed E-state index contributed by atoms with van der Waals surface area (Å²) in [6.45, 7) is 0.260. The van der Waals surface area contributed by atoms with Crippen LogP contribution < -0.4 is 20.7 Å². The Morgan fingerprint density at radius 3 is 2.40 bits per heavy atom. The summed E-state index contributed by atoms with van der Waals surface area (Å²) in [6, 6.07) is 23.8. The Morgan fingerprint density at radius 2 is 1.67 bits per heavy atom. The molecule has 3 aromatic carbocycles. The number of phenols is 1. The maximum Gasteiger partial charge on any atom is 0.255 e. The second-order valence-electron chi connectivity index (χ2n) is 11.3. The second-order valence-corrected chi connectivity index (χ2v) is 13.6. The fourth-order valence-corrected chi connectivity index (χ4v) is 8.07. The summed E-state index contributed by atoms with van der Waals surface area (Å²) in [6.07, 6.45) is 7.09. The van der Waals surface area contributed by atoms with Crippen molar-refractivity contribution < 1.29 is 19.4 Å². The number of aromatic hydroxyl groups is 1. The summed E-state index contributed by atoms with van der Waals surface area (Å²) in [7, 11) is 0. The zero-order valence-corrected chi connectivity index (χ0v) is 26.0. The van der Waals surface area contributed by atoms with E-state index in [9.17, 15) is 14.7 Å². The van der Waals surface area contributed by atoms with E-state index in [0.717, 1.165) is 40.9 Å². The molecule has 5 rings (SSSR count). The first-order valence-electron chi connectivity index (χ1n) is 15.2. The highest BCUT2D eigenvalue weighted by molar-refractivity contribution is 8.00. The van der Waals surface area contributed by atoms with E-state index in [-0.39, 0.29) is 47.0 Å². The second kappa shape index (κ2) is 16.1. The molecule has 0 radical (unpaired) electrons. The van der Waals surface area contributed by atoms with Gasteiger partial charge in [0.2, 0.25) is 5.91 Å². The van der Waals surface area contributed by atoms with Crippen LogP contribution in [0.25, 0.3) is 0 Å². The van der Waals surface area contributed by atoms with E-state index in [0.29, 0.717) is 5.92 Å². The zero-order valence-electron chi connectivity index (χ0n) is 24.4. The molecule has 1 saturated heterocycles. The highest BCUT2D eigenvalue weighted by Crippen LogP contribution is 2.31. The van der Waals surface area contributed by atoms with Gasteiger partial charge in [0.15, 0.2) is 0 Å². The molecule has 0 spiro atoms. The topological polar surface area (TPSA) is 99.7 Å². The predicted molar refractivity (Wildman–Crippen MR) is 176 cm³/mol. The Kier molecular flexibility index (Phi) is 11.7. The Labute approximate surface area is 262 Å². The predicted octanol–water partition coefficient (Wildman–Crippen LogP) is 5.99. The standard InChI is InChI=1S/C34H41N3O4S2/c38-31-14-8-7-13-28(31)33(39)35-20-29(37-34(40)30-22-42-23-36-30)32(43-21-25-9-3-1-4-10-25)19-24-15-17-27(18-16-24)41-26-11-5-2-6-12-26/h2,5-8,11-18,25,29-30,32,36,38H,1,3-4,9-10,19-23H2,(H,35,39)(H,37,40)/t29?,30-,32?/m0/s1. The molecule has 43 heavy (non-hydrogen) atoms. The van der Waals surface area contributed by atoms with Crippen molar-refractivity contribution in [3.05, 3.63) is 90.0 Å². The Hall–Kier alpha value is -3.14. The largest absolute Gasteiger partial charge is 0.507 e. The van der Waals surface area contributed by atoms with Crippen molar-refractivity contribution >= 4 is 35.3 Å². The molecule has 1 heterocycles. The minimum Gasteiger partial charge on any atom is -0.507 e. The van der Waals surface area contributed by atoms with Crippen LogP contribution in [-0.4, -0.2) is 58.2 Å². The van der Waals surface area contributed by atoms with Crippen molar-refractivity contribution in [3.8, 4) is 17.2 Å². The molecule has 1 aliphatic carbocycles. The zero-order chi connectivity index (χ0) is 29.9. The number of thioether (sulfide) groups is 2. The third kappa shape index (κ3) is 9.42. The van der Waals surface area contributed by atoms with Gasteiger partial charge in [-0.25, -0.2) is 0 Å². The molecule has 1 saturated carbocycles. The molecule has 0 aromatic heterocycles. The molecule has 1 aliphatic heterocycles. The maximum atomic E-state index is 13.3. The van der Waals surface area contributed by atoms with Crippen LogP contribution >= 0.6 is 23.5 Å². The molecule has 4 N–H and O–H groups in total. The molecular formula is C34H41N3O4S2.